The quantitative estimate of drug-likeness (QED) is 0.547. The molecule has 2 aromatic heterocycles. The van der Waals surface area contributed by atoms with Crippen molar-refractivity contribution in [2.75, 3.05) is 0 Å². The summed E-state index contributed by atoms with van der Waals surface area (Å²) >= 11 is 1.51. The number of rotatable bonds is 3. The van der Waals surface area contributed by atoms with Gasteiger partial charge in [-0.25, -0.2) is 9.37 Å². The number of halogens is 1. The lowest BCUT2D eigenvalue weighted by Gasteiger charge is -2.04. The molecule has 4 nitrogen and oxygen atoms in total. The van der Waals surface area contributed by atoms with Crippen molar-refractivity contribution in [3.05, 3.63) is 83.6 Å². The third kappa shape index (κ3) is 2.99. The van der Waals surface area contributed by atoms with Crippen LogP contribution in [0.2, 0.25) is 0 Å². The molecule has 0 aliphatic heterocycles. The number of benzene rings is 2. The largest absolute Gasteiger partial charge is 0.278 e. The van der Waals surface area contributed by atoms with Crippen LogP contribution in [0.5, 0.6) is 0 Å². The minimum absolute atomic E-state index is 0.325. The monoisotopic (exact) mass is 349 g/mol. The first kappa shape index (κ1) is 15.4. The highest BCUT2D eigenvalue weighted by atomic mass is 32.1. The molecular weight excluding hydrogens is 337 g/mol. The van der Waals surface area contributed by atoms with Gasteiger partial charge in [-0.1, -0.05) is 30.3 Å². The van der Waals surface area contributed by atoms with Gasteiger partial charge in [0.05, 0.1) is 11.9 Å². The fraction of sp³-hybridized carbons (Fsp3) is 0. The molecule has 4 aromatic rings. The minimum Gasteiger partial charge on any atom is -0.267 e. The molecular formula is C19H12FN3OS. The molecule has 2 aromatic carbocycles. The average Bonchev–Trinajstić information content (AvgIpc) is 3.32. The van der Waals surface area contributed by atoms with E-state index in [-0.39, 0.29) is 11.7 Å². The Morgan fingerprint density at radius 3 is 2.52 bits per heavy atom. The van der Waals surface area contributed by atoms with E-state index in [0.717, 1.165) is 10.6 Å². The van der Waals surface area contributed by atoms with Crippen LogP contribution in [0.1, 0.15) is 10.4 Å². The lowest BCUT2D eigenvalue weighted by atomic mass is 10.2. The molecule has 6 heteroatoms. The van der Waals surface area contributed by atoms with Gasteiger partial charge in [0.15, 0.2) is 0 Å². The SMILES string of the molecule is O=C(c1ccc(F)cc1)n1nccc1-c1csc(-c2ccccc2)n1. The van der Waals surface area contributed by atoms with Gasteiger partial charge in [-0.15, -0.1) is 11.3 Å². The third-order valence-corrected chi connectivity index (χ3v) is 4.60. The average molecular weight is 349 g/mol. The third-order valence-electron chi connectivity index (χ3n) is 3.71. The van der Waals surface area contributed by atoms with Crippen LogP contribution in [-0.2, 0) is 0 Å². The normalized spacial score (nSPS) is 10.8. The summed E-state index contributed by atoms with van der Waals surface area (Å²) in [5.41, 5.74) is 2.67. The second-order valence-corrected chi connectivity index (χ2v) is 6.20. The van der Waals surface area contributed by atoms with Crippen molar-refractivity contribution in [2.45, 2.75) is 0 Å². The number of aromatic nitrogens is 3. The number of carbonyl (C=O) groups is 1. The van der Waals surface area contributed by atoms with Crippen molar-refractivity contribution in [3.63, 3.8) is 0 Å². The highest BCUT2D eigenvalue weighted by Crippen LogP contribution is 2.28. The first-order valence-corrected chi connectivity index (χ1v) is 8.46. The molecule has 122 valence electrons. The molecule has 0 saturated carbocycles. The standard InChI is InChI=1S/C19H12FN3OS/c20-15-8-6-14(7-9-15)19(24)23-17(10-11-21-23)16-12-25-18(22-16)13-4-2-1-3-5-13/h1-12H. The summed E-state index contributed by atoms with van der Waals surface area (Å²) in [7, 11) is 0. The van der Waals surface area contributed by atoms with Crippen molar-refractivity contribution in [1.82, 2.24) is 14.8 Å². The fourth-order valence-corrected chi connectivity index (χ4v) is 3.30. The lowest BCUT2D eigenvalue weighted by molar-refractivity contribution is 0.0947. The van der Waals surface area contributed by atoms with Gasteiger partial charge in [-0.2, -0.15) is 9.78 Å². The number of nitrogens with zero attached hydrogens (tertiary/aromatic N) is 3. The minimum atomic E-state index is -0.385. The van der Waals surface area contributed by atoms with E-state index >= 15 is 0 Å². The molecule has 2 heterocycles. The highest BCUT2D eigenvalue weighted by molar-refractivity contribution is 7.13. The zero-order valence-corrected chi connectivity index (χ0v) is 13.8. The zero-order chi connectivity index (χ0) is 17.2. The molecule has 0 radical (unpaired) electrons. The second kappa shape index (κ2) is 6.41. The van der Waals surface area contributed by atoms with Crippen LogP contribution >= 0.6 is 11.3 Å². The molecule has 0 fully saturated rings. The Balaban J connectivity index is 1.69. The van der Waals surface area contributed by atoms with Crippen molar-refractivity contribution in [1.29, 1.82) is 0 Å². The van der Waals surface area contributed by atoms with Gasteiger partial charge in [0.2, 0.25) is 0 Å². The smallest absolute Gasteiger partial charge is 0.267 e. The van der Waals surface area contributed by atoms with E-state index in [1.54, 1.807) is 12.3 Å². The van der Waals surface area contributed by atoms with Crippen LogP contribution < -0.4 is 0 Å². The molecule has 25 heavy (non-hydrogen) atoms. The Kier molecular flexibility index (Phi) is 3.95. The van der Waals surface area contributed by atoms with E-state index in [1.165, 1.54) is 40.3 Å². The summed E-state index contributed by atoms with van der Waals surface area (Å²) in [5, 5.41) is 6.88. The first-order valence-electron chi connectivity index (χ1n) is 7.58. The maximum absolute atomic E-state index is 13.1. The van der Waals surface area contributed by atoms with Crippen molar-refractivity contribution >= 4 is 17.2 Å². The first-order chi connectivity index (χ1) is 12.2. The molecule has 0 N–H and O–H groups in total. The van der Waals surface area contributed by atoms with Gasteiger partial charge in [0.25, 0.3) is 5.91 Å². The summed E-state index contributed by atoms with van der Waals surface area (Å²) < 4.78 is 14.3. The zero-order valence-electron chi connectivity index (χ0n) is 13.0. The molecule has 0 atom stereocenters. The van der Waals surface area contributed by atoms with E-state index in [1.807, 2.05) is 35.7 Å². The second-order valence-electron chi connectivity index (χ2n) is 5.34. The Hall–Kier alpha value is -3.12. The number of hydrogen-bond donors (Lipinski definition) is 0. The number of carbonyl (C=O) groups excluding carboxylic acids is 1. The summed E-state index contributed by atoms with van der Waals surface area (Å²) in [5.74, 6) is -0.710. The molecule has 0 aliphatic rings. The molecule has 0 saturated heterocycles. The highest BCUT2D eigenvalue weighted by Gasteiger charge is 2.17. The molecule has 0 unspecified atom stereocenters. The molecule has 0 aliphatic carbocycles. The van der Waals surface area contributed by atoms with Crippen LogP contribution in [0.3, 0.4) is 0 Å². The van der Waals surface area contributed by atoms with Gasteiger partial charge in [0.1, 0.15) is 16.5 Å². The maximum Gasteiger partial charge on any atom is 0.278 e. The fourth-order valence-electron chi connectivity index (χ4n) is 2.48. The predicted molar refractivity (Wildman–Crippen MR) is 94.9 cm³/mol. The summed E-state index contributed by atoms with van der Waals surface area (Å²) in [6.45, 7) is 0. The van der Waals surface area contributed by atoms with Crippen molar-refractivity contribution < 1.29 is 9.18 Å². The van der Waals surface area contributed by atoms with E-state index < -0.39 is 0 Å². The van der Waals surface area contributed by atoms with Gasteiger partial charge in [-0.3, -0.25) is 4.79 Å². The summed E-state index contributed by atoms with van der Waals surface area (Å²) in [6.07, 6.45) is 1.55. The van der Waals surface area contributed by atoms with Crippen LogP contribution in [-0.4, -0.2) is 20.7 Å². The van der Waals surface area contributed by atoms with Crippen molar-refractivity contribution in [3.8, 4) is 22.0 Å². The topological polar surface area (TPSA) is 47.8 Å². The van der Waals surface area contributed by atoms with Crippen LogP contribution in [0.4, 0.5) is 4.39 Å². The van der Waals surface area contributed by atoms with Gasteiger partial charge < -0.3 is 0 Å². The predicted octanol–water partition coefficient (Wildman–Crippen LogP) is 4.50. The lowest BCUT2D eigenvalue weighted by Crippen LogP contribution is -2.14. The van der Waals surface area contributed by atoms with Crippen LogP contribution in [0.15, 0.2) is 72.2 Å². The molecule has 0 bridgehead atoms. The molecule has 4 rings (SSSR count). The molecule has 0 spiro atoms. The Bertz CT molecular complexity index is 1020. The van der Waals surface area contributed by atoms with E-state index in [4.69, 9.17) is 0 Å². The molecule has 0 amide bonds. The van der Waals surface area contributed by atoms with E-state index in [9.17, 15) is 9.18 Å². The van der Waals surface area contributed by atoms with E-state index in [0.29, 0.717) is 17.0 Å². The Morgan fingerprint density at radius 1 is 1.00 bits per heavy atom. The van der Waals surface area contributed by atoms with Crippen molar-refractivity contribution in [2.24, 2.45) is 0 Å². The maximum atomic E-state index is 13.1. The number of thiazole rings is 1. The van der Waals surface area contributed by atoms with Gasteiger partial charge >= 0.3 is 0 Å². The van der Waals surface area contributed by atoms with Crippen LogP contribution in [0.25, 0.3) is 22.0 Å². The summed E-state index contributed by atoms with van der Waals surface area (Å²) in [6, 6.07) is 17.0. The number of hydrogen-bond acceptors (Lipinski definition) is 4. The van der Waals surface area contributed by atoms with Gasteiger partial charge in [-0.05, 0) is 30.3 Å². The Labute approximate surface area is 147 Å². The van der Waals surface area contributed by atoms with Crippen LogP contribution in [0, 0.1) is 5.82 Å². The Morgan fingerprint density at radius 2 is 1.76 bits per heavy atom. The van der Waals surface area contributed by atoms with Gasteiger partial charge in [0, 0.05) is 16.5 Å². The van der Waals surface area contributed by atoms with E-state index in [2.05, 4.69) is 10.1 Å². The summed E-state index contributed by atoms with van der Waals surface area (Å²) in [4.78, 5) is 17.3.